The van der Waals surface area contributed by atoms with Crippen molar-refractivity contribution in [3.8, 4) is 28.7 Å². The summed E-state index contributed by atoms with van der Waals surface area (Å²) in [6, 6.07) is 8.77. The SMILES string of the molecule is COc1cc(C(=O)Nc2nnc(-c3ccc(S(=O)(=O)N(C)C)cc3)o2)cc(OC)c1OC. The molecule has 0 aliphatic rings. The Bertz CT molecular complexity index is 1200. The van der Waals surface area contributed by atoms with E-state index >= 15 is 0 Å². The molecular formula is C20H22N4O7S. The Labute approximate surface area is 185 Å². The second kappa shape index (κ2) is 9.24. The van der Waals surface area contributed by atoms with Crippen LogP contribution in [0, 0.1) is 0 Å². The molecule has 3 aromatic rings. The molecule has 170 valence electrons. The number of benzene rings is 2. The molecule has 0 bridgehead atoms. The van der Waals surface area contributed by atoms with Gasteiger partial charge in [-0.3, -0.25) is 10.1 Å². The van der Waals surface area contributed by atoms with Crippen molar-refractivity contribution in [1.82, 2.24) is 14.5 Å². The highest BCUT2D eigenvalue weighted by atomic mass is 32.2. The van der Waals surface area contributed by atoms with Crippen LogP contribution in [0.1, 0.15) is 10.4 Å². The maximum atomic E-state index is 12.7. The lowest BCUT2D eigenvalue weighted by Gasteiger charge is -2.13. The monoisotopic (exact) mass is 462 g/mol. The third-order valence-electron chi connectivity index (χ3n) is 4.45. The molecule has 0 saturated heterocycles. The summed E-state index contributed by atoms with van der Waals surface area (Å²) < 4.78 is 46.7. The Morgan fingerprint density at radius 1 is 0.969 bits per heavy atom. The van der Waals surface area contributed by atoms with Crippen LogP contribution < -0.4 is 19.5 Å². The normalized spacial score (nSPS) is 11.3. The fourth-order valence-corrected chi connectivity index (χ4v) is 3.65. The van der Waals surface area contributed by atoms with Crippen molar-refractivity contribution in [1.29, 1.82) is 0 Å². The van der Waals surface area contributed by atoms with Crippen LogP contribution in [0.4, 0.5) is 6.01 Å². The molecule has 1 amide bonds. The lowest BCUT2D eigenvalue weighted by atomic mass is 10.1. The molecule has 0 unspecified atom stereocenters. The minimum Gasteiger partial charge on any atom is -0.493 e. The zero-order valence-corrected chi connectivity index (χ0v) is 18.9. The molecule has 1 N–H and O–H groups in total. The van der Waals surface area contributed by atoms with E-state index in [1.54, 1.807) is 0 Å². The van der Waals surface area contributed by atoms with Gasteiger partial charge in [-0.15, -0.1) is 5.10 Å². The number of rotatable bonds is 8. The molecule has 1 heterocycles. The second-order valence-corrected chi connectivity index (χ2v) is 8.74. The highest BCUT2D eigenvalue weighted by Gasteiger charge is 2.20. The van der Waals surface area contributed by atoms with E-state index in [4.69, 9.17) is 18.6 Å². The van der Waals surface area contributed by atoms with Crippen LogP contribution in [0.3, 0.4) is 0 Å². The van der Waals surface area contributed by atoms with E-state index in [0.717, 1.165) is 4.31 Å². The number of aromatic nitrogens is 2. The zero-order chi connectivity index (χ0) is 23.5. The van der Waals surface area contributed by atoms with Crippen molar-refractivity contribution in [3.05, 3.63) is 42.0 Å². The zero-order valence-electron chi connectivity index (χ0n) is 18.1. The molecule has 0 radical (unpaired) electrons. The molecule has 3 rings (SSSR count). The van der Waals surface area contributed by atoms with Crippen LogP contribution in [-0.2, 0) is 10.0 Å². The number of carbonyl (C=O) groups is 1. The minimum absolute atomic E-state index is 0.110. The fraction of sp³-hybridized carbons (Fsp3) is 0.250. The van der Waals surface area contributed by atoms with E-state index < -0.39 is 15.9 Å². The molecule has 32 heavy (non-hydrogen) atoms. The minimum atomic E-state index is -3.55. The van der Waals surface area contributed by atoms with E-state index in [1.165, 1.54) is 71.8 Å². The van der Waals surface area contributed by atoms with Crippen LogP contribution >= 0.6 is 0 Å². The summed E-state index contributed by atoms with van der Waals surface area (Å²) in [5.74, 6) is 0.559. The number of anilines is 1. The van der Waals surface area contributed by atoms with Gasteiger partial charge in [0.25, 0.3) is 5.91 Å². The molecule has 0 aliphatic heterocycles. The lowest BCUT2D eigenvalue weighted by Crippen LogP contribution is -2.22. The number of amides is 1. The highest BCUT2D eigenvalue weighted by molar-refractivity contribution is 7.89. The van der Waals surface area contributed by atoms with Gasteiger partial charge >= 0.3 is 6.01 Å². The van der Waals surface area contributed by atoms with E-state index in [0.29, 0.717) is 22.8 Å². The number of carbonyl (C=O) groups excluding carboxylic acids is 1. The van der Waals surface area contributed by atoms with Gasteiger partial charge in [-0.05, 0) is 36.4 Å². The van der Waals surface area contributed by atoms with Crippen molar-refractivity contribution < 1.29 is 31.8 Å². The molecule has 0 spiro atoms. The maximum absolute atomic E-state index is 12.7. The van der Waals surface area contributed by atoms with Gasteiger partial charge < -0.3 is 18.6 Å². The van der Waals surface area contributed by atoms with Crippen LogP contribution in [0.25, 0.3) is 11.5 Å². The van der Waals surface area contributed by atoms with Gasteiger partial charge in [0, 0.05) is 25.2 Å². The summed E-state index contributed by atoms with van der Waals surface area (Å²) in [6.45, 7) is 0. The summed E-state index contributed by atoms with van der Waals surface area (Å²) in [7, 11) is 3.69. The third-order valence-corrected chi connectivity index (χ3v) is 6.28. The Morgan fingerprint density at radius 3 is 2.06 bits per heavy atom. The Hall–Kier alpha value is -3.64. The van der Waals surface area contributed by atoms with Gasteiger partial charge in [-0.1, -0.05) is 5.10 Å². The Balaban J connectivity index is 1.80. The second-order valence-electron chi connectivity index (χ2n) is 6.59. The first-order valence-electron chi connectivity index (χ1n) is 9.19. The quantitative estimate of drug-likeness (QED) is 0.535. The molecule has 0 saturated carbocycles. The molecule has 0 atom stereocenters. The van der Waals surface area contributed by atoms with Crippen molar-refractivity contribution in [2.45, 2.75) is 4.90 Å². The summed E-state index contributed by atoms with van der Waals surface area (Å²) in [4.78, 5) is 12.8. The number of nitrogens with one attached hydrogen (secondary N) is 1. The number of hydrogen-bond acceptors (Lipinski definition) is 9. The predicted octanol–water partition coefficient (Wildman–Crippen LogP) is 2.27. The van der Waals surface area contributed by atoms with Crippen molar-refractivity contribution in [2.75, 3.05) is 40.7 Å². The topological polar surface area (TPSA) is 133 Å². The fourth-order valence-electron chi connectivity index (χ4n) is 2.75. The highest BCUT2D eigenvalue weighted by Crippen LogP contribution is 2.38. The Morgan fingerprint density at radius 2 is 1.56 bits per heavy atom. The molecular weight excluding hydrogens is 440 g/mol. The van der Waals surface area contributed by atoms with E-state index in [2.05, 4.69) is 15.5 Å². The lowest BCUT2D eigenvalue weighted by molar-refractivity contribution is 0.102. The number of sulfonamides is 1. The smallest absolute Gasteiger partial charge is 0.322 e. The van der Waals surface area contributed by atoms with Crippen LogP contribution in [0.15, 0.2) is 45.7 Å². The van der Waals surface area contributed by atoms with Crippen LogP contribution in [0.2, 0.25) is 0 Å². The number of methoxy groups -OCH3 is 3. The van der Waals surface area contributed by atoms with E-state index in [1.807, 2.05) is 0 Å². The number of ether oxygens (including phenoxy) is 3. The molecule has 1 aromatic heterocycles. The van der Waals surface area contributed by atoms with Crippen molar-refractivity contribution >= 4 is 21.9 Å². The van der Waals surface area contributed by atoms with Crippen molar-refractivity contribution in [2.24, 2.45) is 0 Å². The van der Waals surface area contributed by atoms with Gasteiger partial charge in [-0.2, -0.15) is 0 Å². The predicted molar refractivity (Wildman–Crippen MR) is 115 cm³/mol. The van der Waals surface area contributed by atoms with Gasteiger partial charge in [0.15, 0.2) is 11.5 Å². The number of hydrogen-bond donors (Lipinski definition) is 1. The van der Waals surface area contributed by atoms with Gasteiger partial charge in [-0.25, -0.2) is 12.7 Å². The first-order chi connectivity index (χ1) is 15.2. The van der Waals surface area contributed by atoms with E-state index in [-0.39, 0.29) is 22.4 Å². The molecule has 0 aliphatic carbocycles. The van der Waals surface area contributed by atoms with Gasteiger partial charge in [0.05, 0.1) is 26.2 Å². The molecule has 11 nitrogen and oxygen atoms in total. The summed E-state index contributed by atoms with van der Waals surface area (Å²) >= 11 is 0. The summed E-state index contributed by atoms with van der Waals surface area (Å²) in [6.07, 6.45) is 0. The average molecular weight is 462 g/mol. The van der Waals surface area contributed by atoms with E-state index in [9.17, 15) is 13.2 Å². The number of nitrogens with zero attached hydrogens (tertiary/aromatic N) is 3. The van der Waals surface area contributed by atoms with Crippen LogP contribution in [-0.4, -0.2) is 64.3 Å². The summed E-state index contributed by atoms with van der Waals surface area (Å²) in [5, 5.41) is 10.2. The van der Waals surface area contributed by atoms with Crippen LogP contribution in [0.5, 0.6) is 17.2 Å². The largest absolute Gasteiger partial charge is 0.493 e. The third kappa shape index (κ3) is 4.50. The van der Waals surface area contributed by atoms with Crippen molar-refractivity contribution in [3.63, 3.8) is 0 Å². The first-order valence-corrected chi connectivity index (χ1v) is 10.6. The molecule has 0 fully saturated rings. The van der Waals surface area contributed by atoms with Gasteiger partial charge in [0.2, 0.25) is 21.7 Å². The Kier molecular flexibility index (Phi) is 6.65. The first kappa shape index (κ1) is 23.0. The molecule has 2 aromatic carbocycles. The maximum Gasteiger partial charge on any atom is 0.322 e. The standard InChI is InChI=1S/C20H22N4O7S/c1-24(2)32(26,27)14-8-6-12(7-9-14)19-22-23-20(31-19)21-18(25)13-10-15(28-3)17(30-5)16(11-13)29-4/h6-11H,1-5H3,(H,21,23,25). The summed E-state index contributed by atoms with van der Waals surface area (Å²) in [5.41, 5.74) is 0.709. The molecule has 12 heteroatoms. The van der Waals surface area contributed by atoms with Gasteiger partial charge in [0.1, 0.15) is 0 Å². The average Bonchev–Trinajstić information content (AvgIpc) is 3.26.